The van der Waals surface area contributed by atoms with E-state index in [4.69, 9.17) is 0 Å². The van der Waals surface area contributed by atoms with Gasteiger partial charge in [-0.15, -0.1) is 0 Å². The number of anilines is 1. The summed E-state index contributed by atoms with van der Waals surface area (Å²) in [5.41, 5.74) is 2.48. The first-order valence-corrected chi connectivity index (χ1v) is 7.30. The van der Waals surface area contributed by atoms with Crippen LogP contribution in [0.1, 0.15) is 51.7 Å². The van der Waals surface area contributed by atoms with Gasteiger partial charge in [0.05, 0.1) is 6.54 Å². The molecule has 0 saturated carbocycles. The lowest BCUT2D eigenvalue weighted by molar-refractivity contribution is -0.130. The van der Waals surface area contributed by atoms with Gasteiger partial charge in [-0.1, -0.05) is 52.8 Å². The predicted octanol–water partition coefficient (Wildman–Crippen LogP) is 3.22. The Morgan fingerprint density at radius 1 is 1.19 bits per heavy atom. The third-order valence-electron chi connectivity index (χ3n) is 3.28. The summed E-state index contributed by atoms with van der Waals surface area (Å²) in [5.74, 6) is -0.0142. The third kappa shape index (κ3) is 4.88. The molecule has 4 heteroatoms. The Balaban J connectivity index is 2.74. The first-order chi connectivity index (χ1) is 9.62. The monoisotopic (exact) mass is 290 g/mol. The molecule has 0 atom stereocenters. The second-order valence-electron chi connectivity index (χ2n) is 6.67. The molecule has 1 aromatic rings. The van der Waals surface area contributed by atoms with Gasteiger partial charge in [0, 0.05) is 11.1 Å². The number of aryl methyl sites for hydroxylation is 1. The number of hydrogen-bond donors (Lipinski definition) is 2. The predicted molar refractivity (Wildman–Crippen MR) is 86.4 cm³/mol. The minimum Gasteiger partial charge on any atom is -0.347 e. The maximum absolute atomic E-state index is 12.0. The molecule has 2 amide bonds. The highest BCUT2D eigenvalue weighted by Crippen LogP contribution is 2.27. The SMILES string of the molecule is Cc1cccc(C(C)C)c1NC(=O)CNC(=O)C(C)(C)C. The maximum Gasteiger partial charge on any atom is 0.243 e. The molecule has 0 bridgehead atoms. The topological polar surface area (TPSA) is 58.2 Å². The molecule has 0 spiro atoms. The quantitative estimate of drug-likeness (QED) is 0.894. The largest absolute Gasteiger partial charge is 0.347 e. The lowest BCUT2D eigenvalue weighted by Gasteiger charge is -2.19. The molecule has 0 fully saturated rings. The number of hydrogen-bond acceptors (Lipinski definition) is 2. The minimum atomic E-state index is -0.494. The lowest BCUT2D eigenvalue weighted by Crippen LogP contribution is -2.39. The molecule has 4 nitrogen and oxygen atoms in total. The minimum absolute atomic E-state index is 0.0119. The molecule has 0 saturated heterocycles. The van der Waals surface area contributed by atoms with E-state index in [-0.39, 0.29) is 18.4 Å². The fourth-order valence-electron chi connectivity index (χ4n) is 1.95. The van der Waals surface area contributed by atoms with Crippen molar-refractivity contribution >= 4 is 17.5 Å². The van der Waals surface area contributed by atoms with Crippen LogP contribution in [-0.4, -0.2) is 18.4 Å². The van der Waals surface area contributed by atoms with E-state index in [1.807, 2.05) is 45.9 Å². The van der Waals surface area contributed by atoms with Gasteiger partial charge in [-0.25, -0.2) is 0 Å². The summed E-state index contributed by atoms with van der Waals surface area (Å²) in [6, 6.07) is 5.97. The van der Waals surface area contributed by atoms with E-state index < -0.39 is 5.41 Å². The van der Waals surface area contributed by atoms with Gasteiger partial charge < -0.3 is 10.6 Å². The highest BCUT2D eigenvalue weighted by molar-refractivity contribution is 5.96. The Hall–Kier alpha value is -1.84. The van der Waals surface area contributed by atoms with E-state index in [0.29, 0.717) is 5.92 Å². The summed E-state index contributed by atoms with van der Waals surface area (Å²) in [6.45, 7) is 11.6. The number of rotatable bonds is 4. The van der Waals surface area contributed by atoms with E-state index in [2.05, 4.69) is 24.5 Å². The van der Waals surface area contributed by atoms with Crippen LogP contribution in [0.4, 0.5) is 5.69 Å². The van der Waals surface area contributed by atoms with Crippen LogP contribution in [0.15, 0.2) is 18.2 Å². The Kier molecular flexibility index (Phi) is 5.53. The van der Waals surface area contributed by atoms with Crippen molar-refractivity contribution in [3.05, 3.63) is 29.3 Å². The van der Waals surface area contributed by atoms with Gasteiger partial charge in [0.25, 0.3) is 0 Å². The van der Waals surface area contributed by atoms with Crippen LogP contribution in [0.2, 0.25) is 0 Å². The smallest absolute Gasteiger partial charge is 0.243 e. The second kappa shape index (κ2) is 6.74. The van der Waals surface area contributed by atoms with Crippen molar-refractivity contribution in [3.63, 3.8) is 0 Å². The summed E-state index contributed by atoms with van der Waals surface area (Å²) >= 11 is 0. The van der Waals surface area contributed by atoms with Crippen LogP contribution in [0.3, 0.4) is 0 Å². The average Bonchev–Trinajstić information content (AvgIpc) is 2.36. The van der Waals surface area contributed by atoms with E-state index in [0.717, 1.165) is 16.8 Å². The van der Waals surface area contributed by atoms with Crippen molar-refractivity contribution in [3.8, 4) is 0 Å². The van der Waals surface area contributed by atoms with Gasteiger partial charge in [0.2, 0.25) is 11.8 Å². The highest BCUT2D eigenvalue weighted by Gasteiger charge is 2.21. The molecule has 0 aromatic heterocycles. The first kappa shape index (κ1) is 17.2. The van der Waals surface area contributed by atoms with E-state index in [9.17, 15) is 9.59 Å². The molecule has 1 rings (SSSR count). The number of carbonyl (C=O) groups excluding carboxylic acids is 2. The fraction of sp³-hybridized carbons (Fsp3) is 0.529. The van der Waals surface area contributed by atoms with Gasteiger partial charge in [0.1, 0.15) is 0 Å². The molecule has 0 aliphatic carbocycles. The van der Waals surface area contributed by atoms with Gasteiger partial charge in [0.15, 0.2) is 0 Å². The molecule has 2 N–H and O–H groups in total. The number of benzene rings is 1. The van der Waals surface area contributed by atoms with Crippen LogP contribution in [0.25, 0.3) is 0 Å². The highest BCUT2D eigenvalue weighted by atomic mass is 16.2. The summed E-state index contributed by atoms with van der Waals surface area (Å²) in [7, 11) is 0. The Morgan fingerprint density at radius 3 is 2.33 bits per heavy atom. The standard InChI is InChI=1S/C17H26N2O2/c1-11(2)13-9-7-8-12(3)15(13)19-14(20)10-18-16(21)17(4,5)6/h7-9,11H,10H2,1-6H3,(H,18,21)(H,19,20). The van der Waals surface area contributed by atoms with E-state index in [1.165, 1.54) is 0 Å². The van der Waals surface area contributed by atoms with Gasteiger partial charge >= 0.3 is 0 Å². The van der Waals surface area contributed by atoms with Crippen molar-refractivity contribution in [2.45, 2.75) is 47.5 Å². The molecule has 21 heavy (non-hydrogen) atoms. The van der Waals surface area contributed by atoms with Crippen LogP contribution in [0, 0.1) is 12.3 Å². The lowest BCUT2D eigenvalue weighted by atomic mass is 9.96. The molecular formula is C17H26N2O2. The van der Waals surface area contributed by atoms with E-state index >= 15 is 0 Å². The van der Waals surface area contributed by atoms with Gasteiger partial charge in [-0.3, -0.25) is 9.59 Å². The van der Waals surface area contributed by atoms with Crippen molar-refractivity contribution in [1.82, 2.24) is 5.32 Å². The van der Waals surface area contributed by atoms with Crippen LogP contribution < -0.4 is 10.6 Å². The summed E-state index contributed by atoms with van der Waals surface area (Å²) in [5, 5.41) is 5.57. The van der Waals surface area contributed by atoms with Crippen molar-refractivity contribution in [1.29, 1.82) is 0 Å². The van der Waals surface area contributed by atoms with Crippen molar-refractivity contribution < 1.29 is 9.59 Å². The Morgan fingerprint density at radius 2 is 1.81 bits per heavy atom. The number of para-hydroxylation sites is 1. The molecule has 0 aliphatic heterocycles. The Bertz CT molecular complexity index is 528. The van der Waals surface area contributed by atoms with Crippen LogP contribution >= 0.6 is 0 Å². The normalized spacial score (nSPS) is 11.4. The summed E-state index contributed by atoms with van der Waals surface area (Å²) < 4.78 is 0. The zero-order chi connectivity index (χ0) is 16.2. The fourth-order valence-corrected chi connectivity index (χ4v) is 1.95. The van der Waals surface area contributed by atoms with Crippen molar-refractivity contribution in [2.75, 3.05) is 11.9 Å². The molecular weight excluding hydrogens is 264 g/mol. The van der Waals surface area contributed by atoms with Crippen LogP contribution in [0.5, 0.6) is 0 Å². The zero-order valence-electron chi connectivity index (χ0n) is 13.8. The van der Waals surface area contributed by atoms with E-state index in [1.54, 1.807) is 0 Å². The summed E-state index contributed by atoms with van der Waals surface area (Å²) in [6.07, 6.45) is 0. The molecule has 0 aliphatic rings. The number of nitrogens with one attached hydrogen (secondary N) is 2. The number of amides is 2. The molecule has 1 aromatic carbocycles. The van der Waals surface area contributed by atoms with Crippen LogP contribution in [-0.2, 0) is 9.59 Å². The zero-order valence-corrected chi connectivity index (χ0v) is 13.8. The van der Waals surface area contributed by atoms with Crippen molar-refractivity contribution in [2.24, 2.45) is 5.41 Å². The third-order valence-corrected chi connectivity index (χ3v) is 3.28. The molecule has 116 valence electrons. The molecule has 0 radical (unpaired) electrons. The Labute approximate surface area is 127 Å². The number of carbonyl (C=O) groups is 2. The summed E-state index contributed by atoms with van der Waals surface area (Å²) in [4.78, 5) is 23.8. The first-order valence-electron chi connectivity index (χ1n) is 7.30. The van der Waals surface area contributed by atoms with Gasteiger partial charge in [-0.05, 0) is 24.0 Å². The average molecular weight is 290 g/mol. The molecule has 0 unspecified atom stereocenters. The maximum atomic E-state index is 12.0. The van der Waals surface area contributed by atoms with Gasteiger partial charge in [-0.2, -0.15) is 0 Å². The second-order valence-corrected chi connectivity index (χ2v) is 6.67. The molecule has 0 heterocycles.